The van der Waals surface area contributed by atoms with Crippen LogP contribution >= 0.6 is 0 Å². The van der Waals surface area contributed by atoms with E-state index in [2.05, 4.69) is 26.1 Å². The average molecular weight is 257 g/mol. The summed E-state index contributed by atoms with van der Waals surface area (Å²) in [4.78, 5) is 0. The van der Waals surface area contributed by atoms with Gasteiger partial charge in [0.2, 0.25) is 0 Å². The van der Waals surface area contributed by atoms with Crippen LogP contribution in [0.4, 0.5) is 0 Å². The van der Waals surface area contributed by atoms with Crippen molar-refractivity contribution in [1.29, 1.82) is 0 Å². The summed E-state index contributed by atoms with van der Waals surface area (Å²) in [5.74, 6) is 1.58. The molecular formula is C15H31NO2. The summed E-state index contributed by atoms with van der Waals surface area (Å²) >= 11 is 0. The number of ether oxygens (including phenoxy) is 2. The van der Waals surface area contributed by atoms with Crippen LogP contribution in [-0.2, 0) is 9.47 Å². The van der Waals surface area contributed by atoms with Gasteiger partial charge in [0.15, 0.2) is 0 Å². The summed E-state index contributed by atoms with van der Waals surface area (Å²) in [5.41, 5.74) is 0. The van der Waals surface area contributed by atoms with Crippen molar-refractivity contribution in [2.75, 3.05) is 32.9 Å². The molecule has 1 aliphatic rings. The minimum atomic E-state index is 0.365. The highest BCUT2D eigenvalue weighted by atomic mass is 16.5. The molecule has 18 heavy (non-hydrogen) atoms. The highest BCUT2D eigenvalue weighted by Crippen LogP contribution is 2.12. The van der Waals surface area contributed by atoms with Gasteiger partial charge in [-0.25, -0.2) is 0 Å². The molecule has 1 heterocycles. The fraction of sp³-hybridized carbons (Fsp3) is 1.00. The van der Waals surface area contributed by atoms with Gasteiger partial charge in [0.25, 0.3) is 0 Å². The van der Waals surface area contributed by atoms with E-state index in [-0.39, 0.29) is 0 Å². The highest BCUT2D eigenvalue weighted by Gasteiger charge is 2.14. The van der Waals surface area contributed by atoms with Gasteiger partial charge in [0.1, 0.15) is 0 Å². The van der Waals surface area contributed by atoms with E-state index in [1.165, 1.54) is 19.3 Å². The van der Waals surface area contributed by atoms with Gasteiger partial charge in [0, 0.05) is 13.2 Å². The molecule has 0 aromatic heterocycles. The highest BCUT2D eigenvalue weighted by molar-refractivity contribution is 4.63. The zero-order valence-corrected chi connectivity index (χ0v) is 12.4. The molecule has 0 aliphatic carbocycles. The summed E-state index contributed by atoms with van der Waals surface area (Å²) in [5, 5.41) is 3.51. The lowest BCUT2D eigenvalue weighted by Gasteiger charge is -2.15. The van der Waals surface area contributed by atoms with Crippen LogP contribution in [0.25, 0.3) is 0 Å². The van der Waals surface area contributed by atoms with E-state index < -0.39 is 0 Å². The molecule has 0 amide bonds. The molecule has 108 valence electrons. The van der Waals surface area contributed by atoms with Gasteiger partial charge < -0.3 is 14.8 Å². The van der Waals surface area contributed by atoms with E-state index in [1.807, 2.05) is 0 Å². The van der Waals surface area contributed by atoms with Gasteiger partial charge in [-0.15, -0.1) is 0 Å². The van der Waals surface area contributed by atoms with Crippen molar-refractivity contribution in [1.82, 2.24) is 5.32 Å². The summed E-state index contributed by atoms with van der Waals surface area (Å²) in [6.07, 6.45) is 5.14. The van der Waals surface area contributed by atoms with Crippen LogP contribution in [0.3, 0.4) is 0 Å². The van der Waals surface area contributed by atoms with Gasteiger partial charge in [-0.3, -0.25) is 0 Å². The summed E-state index contributed by atoms with van der Waals surface area (Å²) in [7, 11) is 0. The van der Waals surface area contributed by atoms with E-state index >= 15 is 0 Å². The fourth-order valence-corrected chi connectivity index (χ4v) is 2.53. The second-order valence-electron chi connectivity index (χ2n) is 6.00. The fourth-order valence-electron chi connectivity index (χ4n) is 2.53. The molecule has 3 nitrogen and oxygen atoms in total. The molecule has 0 saturated carbocycles. The van der Waals surface area contributed by atoms with Crippen LogP contribution in [0.5, 0.6) is 0 Å². The number of rotatable bonds is 10. The molecule has 3 heteroatoms. The molecule has 0 aromatic carbocycles. The van der Waals surface area contributed by atoms with Crippen LogP contribution in [0, 0.1) is 11.8 Å². The third kappa shape index (κ3) is 8.06. The monoisotopic (exact) mass is 257 g/mol. The molecule has 2 unspecified atom stereocenters. The van der Waals surface area contributed by atoms with Crippen molar-refractivity contribution in [3.63, 3.8) is 0 Å². The van der Waals surface area contributed by atoms with Crippen molar-refractivity contribution in [2.45, 2.75) is 52.6 Å². The Balaban J connectivity index is 1.80. The Bertz CT molecular complexity index is 191. The lowest BCUT2D eigenvalue weighted by atomic mass is 9.99. The number of hydrogen-bond donors (Lipinski definition) is 1. The van der Waals surface area contributed by atoms with Crippen LogP contribution in [0.1, 0.15) is 46.5 Å². The van der Waals surface area contributed by atoms with Crippen molar-refractivity contribution < 1.29 is 9.47 Å². The minimum Gasteiger partial charge on any atom is -0.379 e. The van der Waals surface area contributed by atoms with Crippen molar-refractivity contribution >= 4 is 0 Å². The average Bonchev–Trinajstić information content (AvgIpc) is 2.79. The van der Waals surface area contributed by atoms with E-state index in [1.54, 1.807) is 0 Å². The Morgan fingerprint density at radius 1 is 1.33 bits per heavy atom. The van der Waals surface area contributed by atoms with Crippen LogP contribution < -0.4 is 5.32 Å². The van der Waals surface area contributed by atoms with Crippen molar-refractivity contribution in [3.05, 3.63) is 0 Å². The third-order valence-electron chi connectivity index (χ3n) is 3.34. The minimum absolute atomic E-state index is 0.365. The van der Waals surface area contributed by atoms with Crippen LogP contribution in [-0.4, -0.2) is 39.0 Å². The summed E-state index contributed by atoms with van der Waals surface area (Å²) < 4.78 is 11.1. The summed E-state index contributed by atoms with van der Waals surface area (Å²) in [6.45, 7) is 11.6. The lowest BCUT2D eigenvalue weighted by molar-refractivity contribution is 0.0166. The second-order valence-corrected chi connectivity index (χ2v) is 6.00. The molecule has 2 atom stereocenters. The molecule has 0 bridgehead atoms. The molecule has 0 aromatic rings. The molecule has 1 N–H and O–H groups in total. The second kappa shape index (κ2) is 9.76. The molecular weight excluding hydrogens is 226 g/mol. The van der Waals surface area contributed by atoms with Crippen molar-refractivity contribution in [2.24, 2.45) is 11.8 Å². The Labute approximate surface area is 113 Å². The quantitative estimate of drug-likeness (QED) is 0.610. The van der Waals surface area contributed by atoms with E-state index in [9.17, 15) is 0 Å². The van der Waals surface area contributed by atoms with Gasteiger partial charge in [-0.2, -0.15) is 0 Å². The van der Waals surface area contributed by atoms with Crippen molar-refractivity contribution in [3.8, 4) is 0 Å². The molecule has 1 rings (SSSR count). The normalized spacial score (nSPS) is 21.7. The maximum atomic E-state index is 5.62. The first-order chi connectivity index (χ1) is 8.68. The maximum absolute atomic E-state index is 5.62. The molecule has 1 fully saturated rings. The Morgan fingerprint density at radius 3 is 2.83 bits per heavy atom. The Hall–Kier alpha value is -0.120. The number of nitrogens with one attached hydrogen (secondary N) is 1. The van der Waals surface area contributed by atoms with E-state index in [4.69, 9.17) is 9.47 Å². The first-order valence-electron chi connectivity index (χ1n) is 7.58. The largest absolute Gasteiger partial charge is 0.379 e. The SMILES string of the molecule is CC(C)CC(C)CNCCCOCC1CCCO1. The predicted octanol–water partition coefficient (Wildman–Crippen LogP) is 2.84. The zero-order chi connectivity index (χ0) is 13.2. The molecule has 0 radical (unpaired) electrons. The van der Waals surface area contributed by atoms with Gasteiger partial charge >= 0.3 is 0 Å². The lowest BCUT2D eigenvalue weighted by Crippen LogP contribution is -2.24. The maximum Gasteiger partial charge on any atom is 0.0809 e. The summed E-state index contributed by atoms with van der Waals surface area (Å²) in [6, 6.07) is 0. The van der Waals surface area contributed by atoms with Crippen LogP contribution in [0.2, 0.25) is 0 Å². The van der Waals surface area contributed by atoms with E-state index in [0.29, 0.717) is 6.10 Å². The van der Waals surface area contributed by atoms with Gasteiger partial charge in [-0.05, 0) is 50.6 Å². The number of hydrogen-bond acceptors (Lipinski definition) is 3. The van der Waals surface area contributed by atoms with Gasteiger partial charge in [0.05, 0.1) is 12.7 Å². The molecule has 1 aliphatic heterocycles. The first kappa shape index (κ1) is 15.9. The third-order valence-corrected chi connectivity index (χ3v) is 3.34. The Kier molecular flexibility index (Phi) is 8.64. The standard InChI is InChI=1S/C15H31NO2/c1-13(2)10-14(3)11-16-7-5-8-17-12-15-6-4-9-18-15/h13-16H,4-12H2,1-3H3. The first-order valence-corrected chi connectivity index (χ1v) is 7.58. The smallest absolute Gasteiger partial charge is 0.0809 e. The van der Waals surface area contributed by atoms with Crippen LogP contribution in [0.15, 0.2) is 0 Å². The topological polar surface area (TPSA) is 30.5 Å². The predicted molar refractivity (Wildman–Crippen MR) is 75.9 cm³/mol. The van der Waals surface area contributed by atoms with E-state index in [0.717, 1.165) is 51.2 Å². The molecule has 1 saturated heterocycles. The molecule has 0 spiro atoms. The zero-order valence-electron chi connectivity index (χ0n) is 12.4. The van der Waals surface area contributed by atoms with Gasteiger partial charge in [-0.1, -0.05) is 20.8 Å². The Morgan fingerprint density at radius 2 is 2.17 bits per heavy atom.